The SMILES string of the molecule is O=C(c1cc2c(F)cccc2s1)N1CC[C@H]2CCCC[C@@H]2C1. The standard InChI is InChI=1S/C18H20FNOS/c19-15-6-3-7-16-14(15)10-17(22-16)18(21)20-9-8-12-4-1-2-5-13(12)11-20/h3,6-7,10,12-13H,1-2,4-5,8-9,11H2/t12-,13-/m1/s1. The zero-order chi connectivity index (χ0) is 15.1. The molecule has 4 rings (SSSR count). The van der Waals surface area contributed by atoms with Crippen molar-refractivity contribution in [3.63, 3.8) is 0 Å². The van der Waals surface area contributed by atoms with Gasteiger partial charge in [0.05, 0.1) is 4.88 Å². The predicted octanol–water partition coefficient (Wildman–Crippen LogP) is 4.69. The fourth-order valence-corrected chi connectivity index (χ4v) is 5.12. The third-order valence-electron chi connectivity index (χ3n) is 5.30. The minimum Gasteiger partial charge on any atom is -0.338 e. The summed E-state index contributed by atoms with van der Waals surface area (Å²) >= 11 is 1.41. The van der Waals surface area contributed by atoms with E-state index < -0.39 is 0 Å². The van der Waals surface area contributed by atoms with Crippen LogP contribution in [0.25, 0.3) is 10.1 Å². The minimum atomic E-state index is -0.237. The molecule has 2 nitrogen and oxygen atoms in total. The van der Waals surface area contributed by atoms with Crippen LogP contribution in [0.4, 0.5) is 4.39 Å². The number of likely N-dealkylation sites (tertiary alicyclic amines) is 1. The minimum absolute atomic E-state index is 0.0876. The highest BCUT2D eigenvalue weighted by Crippen LogP contribution is 2.37. The van der Waals surface area contributed by atoms with Gasteiger partial charge < -0.3 is 4.90 Å². The molecule has 4 heteroatoms. The quantitative estimate of drug-likeness (QED) is 0.747. The number of hydrogen-bond donors (Lipinski definition) is 0. The summed E-state index contributed by atoms with van der Waals surface area (Å²) in [5.41, 5.74) is 0. The van der Waals surface area contributed by atoms with Crippen LogP contribution in [0.5, 0.6) is 0 Å². The van der Waals surface area contributed by atoms with E-state index in [0.717, 1.165) is 30.1 Å². The highest BCUT2D eigenvalue weighted by Gasteiger charge is 2.33. The molecule has 2 atom stereocenters. The van der Waals surface area contributed by atoms with Crippen molar-refractivity contribution >= 4 is 27.3 Å². The maximum absolute atomic E-state index is 13.8. The molecule has 22 heavy (non-hydrogen) atoms. The largest absolute Gasteiger partial charge is 0.338 e. The van der Waals surface area contributed by atoms with Crippen molar-refractivity contribution in [3.8, 4) is 0 Å². The summed E-state index contributed by atoms with van der Waals surface area (Å²) < 4.78 is 14.7. The molecule has 2 heterocycles. The molecule has 1 aromatic heterocycles. The molecule has 0 radical (unpaired) electrons. The van der Waals surface area contributed by atoms with E-state index in [2.05, 4.69) is 0 Å². The van der Waals surface area contributed by atoms with Crippen LogP contribution in [0.2, 0.25) is 0 Å². The summed E-state index contributed by atoms with van der Waals surface area (Å²) in [7, 11) is 0. The average Bonchev–Trinajstić information content (AvgIpc) is 2.99. The number of benzene rings is 1. The molecule has 2 aliphatic rings. The van der Waals surface area contributed by atoms with Gasteiger partial charge in [-0.2, -0.15) is 0 Å². The fraction of sp³-hybridized carbons (Fsp3) is 0.500. The van der Waals surface area contributed by atoms with E-state index in [0.29, 0.717) is 16.2 Å². The Bertz CT molecular complexity index is 710. The number of amides is 1. The molecule has 1 aliphatic heterocycles. The third kappa shape index (κ3) is 2.43. The first-order valence-electron chi connectivity index (χ1n) is 8.20. The lowest BCUT2D eigenvalue weighted by atomic mass is 9.75. The van der Waals surface area contributed by atoms with E-state index >= 15 is 0 Å². The van der Waals surface area contributed by atoms with Gasteiger partial charge in [-0.05, 0) is 42.9 Å². The second kappa shape index (κ2) is 5.65. The Balaban J connectivity index is 1.56. The zero-order valence-corrected chi connectivity index (χ0v) is 13.4. The van der Waals surface area contributed by atoms with Crippen LogP contribution in [0.1, 0.15) is 41.8 Å². The van der Waals surface area contributed by atoms with Gasteiger partial charge in [0.2, 0.25) is 0 Å². The molecule has 0 spiro atoms. The van der Waals surface area contributed by atoms with Crippen LogP contribution in [0.3, 0.4) is 0 Å². The van der Waals surface area contributed by atoms with Gasteiger partial charge in [-0.1, -0.05) is 25.3 Å². The maximum Gasteiger partial charge on any atom is 0.263 e. The molecule has 116 valence electrons. The van der Waals surface area contributed by atoms with E-state index in [-0.39, 0.29) is 11.7 Å². The first kappa shape index (κ1) is 14.2. The van der Waals surface area contributed by atoms with Gasteiger partial charge in [-0.15, -0.1) is 11.3 Å². The number of piperidine rings is 1. The van der Waals surface area contributed by atoms with Gasteiger partial charge in [0.25, 0.3) is 5.91 Å². The van der Waals surface area contributed by atoms with Crippen LogP contribution in [0, 0.1) is 17.7 Å². The number of thiophene rings is 1. The predicted molar refractivity (Wildman–Crippen MR) is 87.8 cm³/mol. The van der Waals surface area contributed by atoms with Crippen molar-refractivity contribution in [2.24, 2.45) is 11.8 Å². The molecule has 1 amide bonds. The maximum atomic E-state index is 13.8. The Morgan fingerprint density at radius 2 is 2.00 bits per heavy atom. The van der Waals surface area contributed by atoms with E-state index in [1.807, 2.05) is 11.0 Å². The Hall–Kier alpha value is -1.42. The lowest BCUT2D eigenvalue weighted by molar-refractivity contribution is 0.0525. The number of nitrogens with zero attached hydrogens (tertiary/aromatic N) is 1. The molecule has 0 N–H and O–H groups in total. The smallest absolute Gasteiger partial charge is 0.263 e. The van der Waals surface area contributed by atoms with Crippen molar-refractivity contribution in [1.82, 2.24) is 4.90 Å². The monoisotopic (exact) mass is 317 g/mol. The normalized spacial score (nSPS) is 25.2. The molecule has 1 aliphatic carbocycles. The van der Waals surface area contributed by atoms with Crippen molar-refractivity contribution in [2.45, 2.75) is 32.1 Å². The second-order valence-electron chi connectivity index (χ2n) is 6.61. The van der Waals surface area contributed by atoms with Gasteiger partial charge in [-0.25, -0.2) is 4.39 Å². The Labute approximate surface area is 133 Å². The van der Waals surface area contributed by atoms with Gasteiger partial charge in [0.1, 0.15) is 5.82 Å². The average molecular weight is 317 g/mol. The van der Waals surface area contributed by atoms with Crippen molar-refractivity contribution in [3.05, 3.63) is 35.0 Å². The van der Waals surface area contributed by atoms with Gasteiger partial charge in [-0.3, -0.25) is 4.79 Å². The number of rotatable bonds is 1. The second-order valence-corrected chi connectivity index (χ2v) is 7.69. The molecule has 0 bridgehead atoms. The molecular formula is C18H20FNOS. The lowest BCUT2D eigenvalue weighted by Gasteiger charge is -2.41. The molecule has 1 aromatic carbocycles. The molecule has 0 unspecified atom stereocenters. The molecule has 1 saturated heterocycles. The number of carbonyl (C=O) groups excluding carboxylic acids is 1. The first-order chi connectivity index (χ1) is 10.7. The number of fused-ring (bicyclic) bond motifs is 2. The van der Waals surface area contributed by atoms with Gasteiger partial charge >= 0.3 is 0 Å². The third-order valence-corrected chi connectivity index (χ3v) is 6.39. The molecule has 2 aromatic rings. The summed E-state index contributed by atoms with van der Waals surface area (Å²) in [6, 6.07) is 6.77. The van der Waals surface area contributed by atoms with Crippen LogP contribution in [-0.2, 0) is 0 Å². The van der Waals surface area contributed by atoms with Gasteiger partial charge in [0, 0.05) is 23.2 Å². The Kier molecular flexibility index (Phi) is 3.65. The van der Waals surface area contributed by atoms with Crippen molar-refractivity contribution in [1.29, 1.82) is 0 Å². The van der Waals surface area contributed by atoms with E-state index in [1.54, 1.807) is 12.1 Å². The highest BCUT2D eigenvalue weighted by molar-refractivity contribution is 7.20. The lowest BCUT2D eigenvalue weighted by Crippen LogP contribution is -2.44. The Morgan fingerprint density at radius 1 is 1.18 bits per heavy atom. The summed E-state index contributed by atoms with van der Waals surface area (Å²) in [6.45, 7) is 1.75. The highest BCUT2D eigenvalue weighted by atomic mass is 32.1. The topological polar surface area (TPSA) is 20.3 Å². The van der Waals surface area contributed by atoms with Crippen LogP contribution < -0.4 is 0 Å². The number of hydrogen-bond acceptors (Lipinski definition) is 2. The Morgan fingerprint density at radius 3 is 2.82 bits per heavy atom. The van der Waals surface area contributed by atoms with Crippen LogP contribution in [-0.4, -0.2) is 23.9 Å². The van der Waals surface area contributed by atoms with E-state index in [4.69, 9.17) is 0 Å². The van der Waals surface area contributed by atoms with Crippen molar-refractivity contribution in [2.75, 3.05) is 13.1 Å². The summed E-state index contributed by atoms with van der Waals surface area (Å²) in [5.74, 6) is 1.35. The van der Waals surface area contributed by atoms with E-state index in [9.17, 15) is 9.18 Å². The molecular weight excluding hydrogens is 297 g/mol. The first-order valence-corrected chi connectivity index (χ1v) is 9.01. The molecule has 1 saturated carbocycles. The summed E-state index contributed by atoms with van der Waals surface area (Å²) in [4.78, 5) is 15.4. The molecule has 2 fully saturated rings. The van der Waals surface area contributed by atoms with Crippen molar-refractivity contribution < 1.29 is 9.18 Å². The summed E-state index contributed by atoms with van der Waals surface area (Å²) in [6.07, 6.45) is 6.38. The van der Waals surface area contributed by atoms with Crippen LogP contribution >= 0.6 is 11.3 Å². The number of carbonyl (C=O) groups is 1. The van der Waals surface area contributed by atoms with Gasteiger partial charge in [0.15, 0.2) is 0 Å². The fourth-order valence-electron chi connectivity index (χ4n) is 4.07. The summed E-state index contributed by atoms with van der Waals surface area (Å²) in [5, 5.41) is 0.573. The van der Waals surface area contributed by atoms with E-state index in [1.165, 1.54) is 43.1 Å². The zero-order valence-electron chi connectivity index (χ0n) is 12.6. The van der Waals surface area contributed by atoms with Crippen LogP contribution in [0.15, 0.2) is 24.3 Å². The number of halogens is 1.